The first kappa shape index (κ1) is 18.9. The predicted octanol–water partition coefficient (Wildman–Crippen LogP) is 3.14. The van der Waals surface area contributed by atoms with E-state index in [9.17, 15) is 9.59 Å². The fourth-order valence-electron chi connectivity index (χ4n) is 2.07. The molecule has 25 heavy (non-hydrogen) atoms. The third-order valence-corrected chi connectivity index (χ3v) is 3.94. The van der Waals surface area contributed by atoms with Gasteiger partial charge in [0.15, 0.2) is 5.75 Å². The van der Waals surface area contributed by atoms with Crippen molar-refractivity contribution >= 4 is 40.7 Å². The van der Waals surface area contributed by atoms with Gasteiger partial charge >= 0.3 is 0 Å². The Kier molecular flexibility index (Phi) is 6.12. The molecule has 0 spiro atoms. The van der Waals surface area contributed by atoms with E-state index in [0.29, 0.717) is 5.56 Å². The number of carbonyl (C=O) groups is 2. The van der Waals surface area contributed by atoms with Gasteiger partial charge in [-0.1, -0.05) is 29.3 Å². The van der Waals surface area contributed by atoms with Crippen LogP contribution in [0.2, 0.25) is 10.0 Å². The summed E-state index contributed by atoms with van der Waals surface area (Å²) in [5.41, 5.74) is 6.16. The lowest BCUT2D eigenvalue weighted by atomic mass is 10.2. The molecular weight excluding hydrogens is 365 g/mol. The van der Waals surface area contributed by atoms with Crippen molar-refractivity contribution in [1.82, 2.24) is 10.9 Å². The number of methoxy groups -OCH3 is 1. The van der Waals surface area contributed by atoms with Gasteiger partial charge in [0.2, 0.25) is 0 Å². The lowest BCUT2D eigenvalue weighted by molar-refractivity contribution is 0.0846. The SMILES string of the molecule is COc1c(Cl)cc(C(=O)NNC(=O)c2cccc(N(C)C)c2)cc1Cl. The molecule has 0 saturated carbocycles. The normalized spacial score (nSPS) is 10.1. The Labute approximate surface area is 155 Å². The van der Waals surface area contributed by atoms with Crippen LogP contribution in [0.25, 0.3) is 0 Å². The maximum atomic E-state index is 12.2. The molecule has 2 N–H and O–H groups in total. The van der Waals surface area contributed by atoms with Crippen LogP contribution in [0.1, 0.15) is 20.7 Å². The number of hydrogen-bond acceptors (Lipinski definition) is 4. The van der Waals surface area contributed by atoms with Crippen molar-refractivity contribution in [3.63, 3.8) is 0 Å². The van der Waals surface area contributed by atoms with E-state index in [-0.39, 0.29) is 21.4 Å². The lowest BCUT2D eigenvalue weighted by Gasteiger charge is -2.14. The first-order chi connectivity index (χ1) is 11.8. The molecule has 8 heteroatoms. The van der Waals surface area contributed by atoms with Crippen molar-refractivity contribution in [2.24, 2.45) is 0 Å². The summed E-state index contributed by atoms with van der Waals surface area (Å²) in [6.45, 7) is 0. The highest BCUT2D eigenvalue weighted by atomic mass is 35.5. The highest BCUT2D eigenvalue weighted by Crippen LogP contribution is 2.33. The van der Waals surface area contributed by atoms with Crippen LogP contribution in [0.3, 0.4) is 0 Å². The molecule has 6 nitrogen and oxygen atoms in total. The Hall–Kier alpha value is -2.44. The third-order valence-electron chi connectivity index (χ3n) is 3.38. The summed E-state index contributed by atoms with van der Waals surface area (Å²) in [5.74, 6) is -0.712. The Morgan fingerprint density at radius 1 is 0.960 bits per heavy atom. The number of amides is 2. The fourth-order valence-corrected chi connectivity index (χ4v) is 2.71. The molecule has 0 aliphatic rings. The van der Waals surface area contributed by atoms with Gasteiger partial charge in [0.05, 0.1) is 17.2 Å². The van der Waals surface area contributed by atoms with Crippen LogP contribution >= 0.6 is 23.2 Å². The second-order valence-electron chi connectivity index (χ2n) is 5.33. The number of carbonyl (C=O) groups excluding carboxylic acids is 2. The average Bonchev–Trinajstić information content (AvgIpc) is 2.59. The lowest BCUT2D eigenvalue weighted by Crippen LogP contribution is -2.41. The fraction of sp³-hybridized carbons (Fsp3) is 0.176. The molecule has 0 aliphatic carbocycles. The van der Waals surface area contributed by atoms with Gasteiger partial charge in [-0.25, -0.2) is 0 Å². The smallest absolute Gasteiger partial charge is 0.269 e. The van der Waals surface area contributed by atoms with Gasteiger partial charge in [0.1, 0.15) is 0 Å². The second kappa shape index (κ2) is 8.09. The number of rotatable bonds is 4. The number of nitrogens with one attached hydrogen (secondary N) is 2. The van der Waals surface area contributed by atoms with E-state index >= 15 is 0 Å². The van der Waals surface area contributed by atoms with Crippen LogP contribution in [0, 0.1) is 0 Å². The van der Waals surface area contributed by atoms with E-state index in [4.69, 9.17) is 27.9 Å². The van der Waals surface area contributed by atoms with Crippen molar-refractivity contribution in [3.8, 4) is 5.75 Å². The molecule has 0 bridgehead atoms. The van der Waals surface area contributed by atoms with Crippen LogP contribution in [0.5, 0.6) is 5.75 Å². The molecule has 0 unspecified atom stereocenters. The molecule has 2 amide bonds. The number of anilines is 1. The van der Waals surface area contributed by atoms with Crippen molar-refractivity contribution in [1.29, 1.82) is 0 Å². The maximum Gasteiger partial charge on any atom is 0.269 e. The van der Waals surface area contributed by atoms with Gasteiger partial charge in [0, 0.05) is 30.9 Å². The van der Waals surface area contributed by atoms with Crippen LogP contribution in [-0.4, -0.2) is 33.0 Å². The molecule has 0 atom stereocenters. The number of nitrogens with zero attached hydrogens (tertiary/aromatic N) is 1. The number of benzene rings is 2. The topological polar surface area (TPSA) is 70.7 Å². The zero-order valence-electron chi connectivity index (χ0n) is 13.9. The van der Waals surface area contributed by atoms with Crippen LogP contribution in [0.4, 0.5) is 5.69 Å². The van der Waals surface area contributed by atoms with E-state index in [0.717, 1.165) is 5.69 Å². The largest absolute Gasteiger partial charge is 0.494 e. The minimum absolute atomic E-state index is 0.193. The summed E-state index contributed by atoms with van der Waals surface area (Å²) in [6, 6.07) is 9.80. The molecule has 0 aromatic heterocycles. The van der Waals surface area contributed by atoms with Gasteiger partial charge in [0.25, 0.3) is 11.8 Å². The Morgan fingerprint density at radius 2 is 1.52 bits per heavy atom. The quantitative estimate of drug-likeness (QED) is 0.798. The molecule has 2 rings (SSSR count). The third kappa shape index (κ3) is 4.55. The van der Waals surface area contributed by atoms with E-state index in [1.54, 1.807) is 18.2 Å². The van der Waals surface area contributed by atoms with Crippen molar-refractivity contribution in [3.05, 3.63) is 57.6 Å². The number of hydrogen-bond donors (Lipinski definition) is 2. The monoisotopic (exact) mass is 381 g/mol. The Balaban J connectivity index is 2.07. The molecule has 0 radical (unpaired) electrons. The van der Waals surface area contributed by atoms with Crippen LogP contribution in [-0.2, 0) is 0 Å². The van der Waals surface area contributed by atoms with Gasteiger partial charge in [-0.3, -0.25) is 20.4 Å². The molecular formula is C17H17Cl2N3O3. The standard InChI is InChI=1S/C17H17Cl2N3O3/c1-22(2)12-6-4-5-10(7-12)16(23)20-21-17(24)11-8-13(18)15(25-3)14(19)9-11/h4-9H,1-3H3,(H,20,23)(H,21,24). The first-order valence-corrected chi connectivity index (χ1v) is 8.00. The van der Waals surface area contributed by atoms with E-state index in [1.165, 1.54) is 19.2 Å². The Morgan fingerprint density at radius 3 is 2.04 bits per heavy atom. The molecule has 0 heterocycles. The number of halogens is 2. The second-order valence-corrected chi connectivity index (χ2v) is 6.14. The highest BCUT2D eigenvalue weighted by molar-refractivity contribution is 6.37. The zero-order valence-corrected chi connectivity index (χ0v) is 15.4. The van der Waals surface area contributed by atoms with Crippen LogP contribution < -0.4 is 20.5 Å². The van der Waals surface area contributed by atoms with Crippen LogP contribution in [0.15, 0.2) is 36.4 Å². The molecule has 2 aromatic rings. The molecule has 132 valence electrons. The van der Waals surface area contributed by atoms with E-state index in [1.807, 2.05) is 25.1 Å². The summed E-state index contributed by atoms with van der Waals surface area (Å²) in [6.07, 6.45) is 0. The molecule has 0 aliphatic heterocycles. The maximum absolute atomic E-state index is 12.2. The summed E-state index contributed by atoms with van der Waals surface area (Å²) >= 11 is 12.0. The van der Waals surface area contributed by atoms with E-state index in [2.05, 4.69) is 10.9 Å². The highest BCUT2D eigenvalue weighted by Gasteiger charge is 2.14. The van der Waals surface area contributed by atoms with Crippen molar-refractivity contribution in [2.45, 2.75) is 0 Å². The minimum Gasteiger partial charge on any atom is -0.494 e. The van der Waals surface area contributed by atoms with E-state index < -0.39 is 11.8 Å². The number of ether oxygens (including phenoxy) is 1. The minimum atomic E-state index is -0.552. The number of hydrazine groups is 1. The first-order valence-electron chi connectivity index (χ1n) is 7.24. The average molecular weight is 382 g/mol. The summed E-state index contributed by atoms with van der Waals surface area (Å²) in [5, 5.41) is 0.398. The molecule has 2 aromatic carbocycles. The van der Waals surface area contributed by atoms with Gasteiger partial charge < -0.3 is 9.64 Å². The summed E-state index contributed by atoms with van der Waals surface area (Å²) in [4.78, 5) is 26.2. The van der Waals surface area contributed by atoms with Gasteiger partial charge in [-0.2, -0.15) is 0 Å². The summed E-state index contributed by atoms with van der Waals surface area (Å²) < 4.78 is 5.03. The molecule has 0 saturated heterocycles. The van der Waals surface area contributed by atoms with Crippen molar-refractivity contribution < 1.29 is 14.3 Å². The van der Waals surface area contributed by atoms with Gasteiger partial charge in [-0.15, -0.1) is 0 Å². The molecule has 0 fully saturated rings. The summed E-state index contributed by atoms with van der Waals surface area (Å²) in [7, 11) is 5.17. The zero-order chi connectivity index (χ0) is 18.6. The van der Waals surface area contributed by atoms with Gasteiger partial charge in [-0.05, 0) is 30.3 Å². The Bertz CT molecular complexity index is 786. The van der Waals surface area contributed by atoms with Crippen molar-refractivity contribution in [2.75, 3.05) is 26.1 Å². The predicted molar refractivity (Wildman–Crippen MR) is 98.7 cm³/mol.